The van der Waals surface area contributed by atoms with E-state index in [1.165, 1.54) is 0 Å². The number of nitrogens with one attached hydrogen (secondary N) is 1. The van der Waals surface area contributed by atoms with E-state index >= 15 is 0 Å². The lowest BCUT2D eigenvalue weighted by atomic mass is 10.00. The molecule has 0 aliphatic carbocycles. The maximum atomic E-state index is 11.8. The van der Waals surface area contributed by atoms with Crippen LogP contribution in [0.15, 0.2) is 11.6 Å². The van der Waals surface area contributed by atoms with Gasteiger partial charge in [0, 0.05) is 19.0 Å². The molecule has 1 aliphatic heterocycles. The van der Waals surface area contributed by atoms with Crippen LogP contribution in [0.25, 0.3) is 0 Å². The molecule has 1 saturated heterocycles. The van der Waals surface area contributed by atoms with Gasteiger partial charge in [0.1, 0.15) is 0 Å². The van der Waals surface area contributed by atoms with Crippen LogP contribution in [0.3, 0.4) is 0 Å². The lowest BCUT2D eigenvalue weighted by molar-refractivity contribution is -0.133. The molecule has 0 aromatic heterocycles. The molecule has 0 radical (unpaired) electrons. The van der Waals surface area contributed by atoms with Gasteiger partial charge in [0.25, 0.3) is 0 Å². The summed E-state index contributed by atoms with van der Waals surface area (Å²) in [6.45, 7) is 2.84. The van der Waals surface area contributed by atoms with Crippen molar-refractivity contribution in [3.05, 3.63) is 11.6 Å². The van der Waals surface area contributed by atoms with E-state index in [1.807, 2.05) is 0 Å². The number of halogens is 3. The first kappa shape index (κ1) is 11.6. The van der Waals surface area contributed by atoms with Gasteiger partial charge in [0.15, 0.2) is 0 Å². The fourth-order valence-electron chi connectivity index (χ4n) is 1.51. The van der Waals surface area contributed by atoms with Gasteiger partial charge in [-0.25, -0.2) is 0 Å². The Hall–Kier alpha value is -0.510. The zero-order valence-electron chi connectivity index (χ0n) is 8.32. The second-order valence-electron chi connectivity index (χ2n) is 3.84. The first-order chi connectivity index (χ1) is 6.47. The van der Waals surface area contributed by atoms with Crippen molar-refractivity contribution in [2.45, 2.75) is 44.8 Å². The van der Waals surface area contributed by atoms with Crippen molar-refractivity contribution in [2.24, 2.45) is 0 Å². The second kappa shape index (κ2) is 4.82. The van der Waals surface area contributed by atoms with E-state index in [2.05, 4.69) is 12.2 Å². The number of allylic oxidation sites excluding steroid dienone is 1. The van der Waals surface area contributed by atoms with Crippen LogP contribution in [0.2, 0.25) is 0 Å². The summed E-state index contributed by atoms with van der Waals surface area (Å²) in [5.41, 5.74) is 1.12. The fraction of sp³-hybridized carbons (Fsp3) is 0.800. The monoisotopic (exact) mass is 207 g/mol. The Balaban J connectivity index is 2.25. The topological polar surface area (TPSA) is 12.0 Å². The molecule has 0 amide bonds. The van der Waals surface area contributed by atoms with Crippen LogP contribution in [-0.4, -0.2) is 18.8 Å². The summed E-state index contributed by atoms with van der Waals surface area (Å²) < 4.78 is 35.5. The van der Waals surface area contributed by atoms with Crippen LogP contribution < -0.4 is 5.32 Å². The summed E-state index contributed by atoms with van der Waals surface area (Å²) in [7, 11) is 0. The van der Waals surface area contributed by atoms with Crippen molar-refractivity contribution < 1.29 is 13.2 Å². The molecule has 1 nitrogen and oxygen atoms in total. The van der Waals surface area contributed by atoms with E-state index in [9.17, 15) is 13.2 Å². The maximum Gasteiger partial charge on any atom is 0.389 e. The SMILES string of the molecule is CC1CC/C(=C\CCC(F)(F)F)CN1. The van der Waals surface area contributed by atoms with Gasteiger partial charge in [0.05, 0.1) is 0 Å². The average Bonchev–Trinajstić information content (AvgIpc) is 2.06. The minimum Gasteiger partial charge on any atom is -0.311 e. The molecule has 0 aromatic carbocycles. The molecule has 0 aromatic rings. The molecule has 1 heterocycles. The first-order valence-corrected chi connectivity index (χ1v) is 4.95. The zero-order chi connectivity index (χ0) is 10.6. The predicted octanol–water partition coefficient (Wildman–Crippen LogP) is 3.03. The largest absolute Gasteiger partial charge is 0.389 e. The lowest BCUT2D eigenvalue weighted by Gasteiger charge is -2.22. The van der Waals surface area contributed by atoms with Crippen LogP contribution in [0.5, 0.6) is 0 Å². The molecule has 14 heavy (non-hydrogen) atoms. The summed E-state index contributed by atoms with van der Waals surface area (Å²) in [4.78, 5) is 0. The Morgan fingerprint density at radius 2 is 2.21 bits per heavy atom. The van der Waals surface area contributed by atoms with E-state index in [4.69, 9.17) is 0 Å². The standard InChI is InChI=1S/C10H16F3N/c1-8-4-5-9(7-14-8)3-2-6-10(11,12)13/h3,8,14H,2,4-7H2,1H3/b9-3+. The maximum absolute atomic E-state index is 11.8. The van der Waals surface area contributed by atoms with Crippen molar-refractivity contribution in [3.63, 3.8) is 0 Å². The molecule has 0 spiro atoms. The Bertz CT molecular complexity index is 198. The zero-order valence-corrected chi connectivity index (χ0v) is 8.32. The molecule has 1 unspecified atom stereocenters. The third-order valence-electron chi connectivity index (χ3n) is 2.44. The number of alkyl halides is 3. The van der Waals surface area contributed by atoms with Gasteiger partial charge in [-0.2, -0.15) is 13.2 Å². The molecule has 1 fully saturated rings. The van der Waals surface area contributed by atoms with Crippen LogP contribution in [0, 0.1) is 0 Å². The molecule has 1 N–H and O–H groups in total. The molecule has 1 rings (SSSR count). The van der Waals surface area contributed by atoms with Crippen LogP contribution in [-0.2, 0) is 0 Å². The van der Waals surface area contributed by atoms with E-state index in [-0.39, 0.29) is 6.42 Å². The van der Waals surface area contributed by atoms with Crippen molar-refractivity contribution >= 4 is 0 Å². The molecule has 0 bridgehead atoms. The molecule has 1 atom stereocenters. The third kappa shape index (κ3) is 4.65. The summed E-state index contributed by atoms with van der Waals surface area (Å²) >= 11 is 0. The van der Waals surface area contributed by atoms with Crippen molar-refractivity contribution in [3.8, 4) is 0 Å². The predicted molar refractivity (Wildman–Crippen MR) is 50.1 cm³/mol. The minimum atomic E-state index is -4.02. The third-order valence-corrected chi connectivity index (χ3v) is 2.44. The van der Waals surface area contributed by atoms with E-state index in [0.29, 0.717) is 6.04 Å². The van der Waals surface area contributed by atoms with Gasteiger partial charge in [-0.15, -0.1) is 0 Å². The van der Waals surface area contributed by atoms with Gasteiger partial charge >= 0.3 is 6.18 Å². The summed E-state index contributed by atoms with van der Waals surface area (Å²) in [5, 5.41) is 3.23. The summed E-state index contributed by atoms with van der Waals surface area (Å²) in [6, 6.07) is 0.495. The van der Waals surface area contributed by atoms with Crippen LogP contribution in [0.1, 0.15) is 32.6 Å². The highest BCUT2D eigenvalue weighted by molar-refractivity contribution is 5.07. The first-order valence-electron chi connectivity index (χ1n) is 4.95. The highest BCUT2D eigenvalue weighted by atomic mass is 19.4. The summed E-state index contributed by atoms with van der Waals surface area (Å²) in [5.74, 6) is 0. The highest BCUT2D eigenvalue weighted by Gasteiger charge is 2.25. The number of hydrogen-bond donors (Lipinski definition) is 1. The molecule has 0 saturated carbocycles. The van der Waals surface area contributed by atoms with E-state index in [1.54, 1.807) is 6.08 Å². The molecular formula is C10H16F3N. The Labute approximate surface area is 82.4 Å². The Kier molecular flexibility index (Phi) is 3.98. The number of rotatable bonds is 2. The normalized spacial score (nSPS) is 26.9. The van der Waals surface area contributed by atoms with Crippen LogP contribution in [0.4, 0.5) is 13.2 Å². The summed E-state index contributed by atoms with van der Waals surface area (Å²) in [6.07, 6.45) is -0.913. The van der Waals surface area contributed by atoms with Gasteiger partial charge in [-0.05, 0) is 26.2 Å². The quantitative estimate of drug-likeness (QED) is 0.686. The molecular weight excluding hydrogens is 191 g/mol. The fourth-order valence-corrected chi connectivity index (χ4v) is 1.51. The average molecular weight is 207 g/mol. The van der Waals surface area contributed by atoms with Gasteiger partial charge < -0.3 is 5.32 Å². The van der Waals surface area contributed by atoms with Crippen molar-refractivity contribution in [1.29, 1.82) is 0 Å². The van der Waals surface area contributed by atoms with Gasteiger partial charge in [0.2, 0.25) is 0 Å². The molecule has 1 aliphatic rings. The lowest BCUT2D eigenvalue weighted by Crippen LogP contribution is -2.32. The molecule has 4 heteroatoms. The highest BCUT2D eigenvalue weighted by Crippen LogP contribution is 2.23. The molecule has 82 valence electrons. The number of piperidine rings is 1. The number of hydrogen-bond acceptors (Lipinski definition) is 1. The van der Waals surface area contributed by atoms with Gasteiger partial charge in [-0.1, -0.05) is 11.6 Å². The minimum absolute atomic E-state index is 0.120. The van der Waals surface area contributed by atoms with Gasteiger partial charge in [-0.3, -0.25) is 0 Å². The van der Waals surface area contributed by atoms with Crippen molar-refractivity contribution in [2.75, 3.05) is 6.54 Å². The second-order valence-corrected chi connectivity index (χ2v) is 3.84. The Morgan fingerprint density at radius 3 is 2.71 bits per heavy atom. The van der Waals surface area contributed by atoms with Crippen molar-refractivity contribution in [1.82, 2.24) is 5.32 Å². The van der Waals surface area contributed by atoms with Crippen LogP contribution >= 0.6 is 0 Å². The Morgan fingerprint density at radius 1 is 1.50 bits per heavy atom. The van der Waals surface area contributed by atoms with E-state index < -0.39 is 12.6 Å². The smallest absolute Gasteiger partial charge is 0.311 e. The van der Waals surface area contributed by atoms with E-state index in [0.717, 1.165) is 25.0 Å².